The van der Waals surface area contributed by atoms with Crippen LogP contribution in [0.15, 0.2) is 48.5 Å². The van der Waals surface area contributed by atoms with Crippen molar-refractivity contribution in [3.8, 4) is 22.6 Å². The molecule has 1 aliphatic heterocycles. The van der Waals surface area contributed by atoms with Crippen LogP contribution in [0, 0.1) is 0 Å². The Morgan fingerprint density at radius 2 is 1.65 bits per heavy atom. The van der Waals surface area contributed by atoms with Gasteiger partial charge in [0, 0.05) is 17.2 Å². The fraction of sp³-hybridized carbons (Fsp3) is 0.143. The lowest BCUT2D eigenvalue weighted by Crippen LogP contribution is -2.25. The van der Waals surface area contributed by atoms with Crippen LogP contribution in [0.25, 0.3) is 11.1 Å². The first kappa shape index (κ1) is 22.6. The summed E-state index contributed by atoms with van der Waals surface area (Å²) in [5, 5.41) is 3.00. The number of aromatic nitrogens is 1. The SMILES string of the molecule is CC.Nc1nc(NC(=O)c2ccccc2Cl)ccc1-c1cc2c(cc1Cl)OC(F)(F)O2. The number of benzene rings is 2. The third-order valence-corrected chi connectivity index (χ3v) is 4.71. The van der Waals surface area contributed by atoms with Crippen LogP contribution in [0.4, 0.5) is 20.4 Å². The van der Waals surface area contributed by atoms with Crippen LogP contribution in [0.2, 0.25) is 10.0 Å². The van der Waals surface area contributed by atoms with Crippen molar-refractivity contribution < 1.29 is 23.0 Å². The van der Waals surface area contributed by atoms with E-state index in [1.54, 1.807) is 30.3 Å². The number of carbonyl (C=O) groups excluding carboxylic acids is 1. The Kier molecular flexibility index (Phi) is 6.52. The maximum Gasteiger partial charge on any atom is 0.586 e. The van der Waals surface area contributed by atoms with E-state index in [1.807, 2.05) is 13.8 Å². The Balaban J connectivity index is 0.00000132. The molecule has 0 aliphatic carbocycles. The Morgan fingerprint density at radius 1 is 1.00 bits per heavy atom. The molecule has 2 aromatic carbocycles. The number of anilines is 2. The third kappa shape index (κ3) is 4.81. The molecule has 3 aromatic rings. The molecule has 10 heteroatoms. The number of alkyl halides is 2. The highest BCUT2D eigenvalue weighted by Gasteiger charge is 2.44. The maximum atomic E-state index is 13.3. The van der Waals surface area contributed by atoms with Gasteiger partial charge in [-0.15, -0.1) is 8.78 Å². The number of rotatable bonds is 3. The molecule has 0 saturated carbocycles. The standard InChI is InChI=1S/C19H11Cl2F2N3O3.C2H6/c20-12-4-2-1-3-10(12)18(27)26-16-6-5-9(17(24)25-16)11-7-14-15(8-13(11)21)29-19(22,23)28-14;1-2/h1-8H,(H3,24,25,26,27);1-2H3. The minimum absolute atomic E-state index is 0.0227. The smallest absolute Gasteiger partial charge is 0.395 e. The van der Waals surface area contributed by atoms with Gasteiger partial charge in [0.25, 0.3) is 5.91 Å². The molecular weight excluding hydrogens is 451 g/mol. The van der Waals surface area contributed by atoms with Crippen LogP contribution < -0.4 is 20.5 Å². The summed E-state index contributed by atoms with van der Waals surface area (Å²) in [4.78, 5) is 16.5. The first-order valence-electron chi connectivity index (χ1n) is 9.16. The molecule has 0 fully saturated rings. The fourth-order valence-electron chi connectivity index (χ4n) is 2.78. The Hall–Kier alpha value is -3.10. The maximum absolute atomic E-state index is 13.3. The highest BCUT2D eigenvalue weighted by atomic mass is 35.5. The van der Waals surface area contributed by atoms with Crippen molar-refractivity contribution >= 4 is 40.7 Å². The summed E-state index contributed by atoms with van der Waals surface area (Å²) in [6.07, 6.45) is -3.76. The Bertz CT molecular complexity index is 1140. The molecule has 0 unspecified atom stereocenters. The predicted molar refractivity (Wildman–Crippen MR) is 116 cm³/mol. The zero-order chi connectivity index (χ0) is 22.8. The average molecular weight is 468 g/mol. The topological polar surface area (TPSA) is 86.5 Å². The van der Waals surface area contributed by atoms with Gasteiger partial charge in [0.2, 0.25) is 0 Å². The van der Waals surface area contributed by atoms with Gasteiger partial charge in [-0.05, 0) is 30.3 Å². The highest BCUT2D eigenvalue weighted by molar-refractivity contribution is 6.34. The quantitative estimate of drug-likeness (QED) is 0.476. The van der Waals surface area contributed by atoms with Crippen molar-refractivity contribution in [1.29, 1.82) is 0 Å². The zero-order valence-corrected chi connectivity index (χ0v) is 17.9. The van der Waals surface area contributed by atoms with E-state index in [2.05, 4.69) is 19.8 Å². The molecule has 1 aromatic heterocycles. The molecule has 0 bridgehead atoms. The number of hydrogen-bond acceptors (Lipinski definition) is 5. The predicted octanol–water partition coefficient (Wildman–Crippen LogP) is 6.24. The monoisotopic (exact) mass is 467 g/mol. The largest absolute Gasteiger partial charge is 0.586 e. The van der Waals surface area contributed by atoms with E-state index in [0.29, 0.717) is 16.1 Å². The van der Waals surface area contributed by atoms with Gasteiger partial charge in [-0.2, -0.15) is 0 Å². The molecule has 31 heavy (non-hydrogen) atoms. The molecule has 3 N–H and O–H groups in total. The molecule has 162 valence electrons. The number of nitrogen functional groups attached to an aromatic ring is 1. The summed E-state index contributed by atoms with van der Waals surface area (Å²) in [5.74, 6) is -0.614. The van der Waals surface area contributed by atoms with Gasteiger partial charge in [-0.25, -0.2) is 4.98 Å². The third-order valence-electron chi connectivity index (χ3n) is 4.07. The van der Waals surface area contributed by atoms with E-state index in [0.717, 1.165) is 0 Å². The summed E-state index contributed by atoms with van der Waals surface area (Å²) in [6.45, 7) is 4.00. The lowest BCUT2D eigenvalue weighted by Gasteiger charge is -2.11. The minimum Gasteiger partial charge on any atom is -0.395 e. The number of pyridine rings is 1. The van der Waals surface area contributed by atoms with E-state index in [4.69, 9.17) is 28.9 Å². The van der Waals surface area contributed by atoms with Gasteiger partial charge in [-0.1, -0.05) is 49.2 Å². The molecular formula is C21H17Cl2F2N3O3. The van der Waals surface area contributed by atoms with Gasteiger partial charge in [0.15, 0.2) is 11.5 Å². The van der Waals surface area contributed by atoms with Gasteiger partial charge < -0.3 is 20.5 Å². The highest BCUT2D eigenvalue weighted by Crippen LogP contribution is 2.46. The van der Waals surface area contributed by atoms with Crippen molar-refractivity contribution in [3.63, 3.8) is 0 Å². The van der Waals surface area contributed by atoms with Crippen LogP contribution in [-0.4, -0.2) is 17.2 Å². The van der Waals surface area contributed by atoms with Crippen molar-refractivity contribution in [2.75, 3.05) is 11.1 Å². The number of amides is 1. The summed E-state index contributed by atoms with van der Waals surface area (Å²) >= 11 is 12.2. The molecule has 0 saturated heterocycles. The van der Waals surface area contributed by atoms with Crippen LogP contribution in [0.3, 0.4) is 0 Å². The first-order chi connectivity index (χ1) is 14.7. The van der Waals surface area contributed by atoms with Gasteiger partial charge in [-0.3, -0.25) is 4.79 Å². The molecule has 0 spiro atoms. The zero-order valence-electron chi connectivity index (χ0n) is 16.4. The molecule has 0 atom stereocenters. The molecule has 1 aliphatic rings. The minimum atomic E-state index is -3.76. The molecule has 6 nitrogen and oxygen atoms in total. The number of fused-ring (bicyclic) bond motifs is 1. The van der Waals surface area contributed by atoms with Crippen LogP contribution in [-0.2, 0) is 0 Å². The van der Waals surface area contributed by atoms with Gasteiger partial charge in [0.1, 0.15) is 11.6 Å². The second kappa shape index (κ2) is 8.95. The van der Waals surface area contributed by atoms with Crippen LogP contribution >= 0.6 is 23.2 Å². The number of hydrogen-bond donors (Lipinski definition) is 2. The number of halogens is 4. The molecule has 2 heterocycles. The first-order valence-corrected chi connectivity index (χ1v) is 9.91. The number of carbonyl (C=O) groups is 1. The summed E-state index contributed by atoms with van der Waals surface area (Å²) in [5.41, 5.74) is 6.96. The normalized spacial score (nSPS) is 13.2. The number of nitrogens with zero attached hydrogens (tertiary/aromatic N) is 1. The average Bonchev–Trinajstić information content (AvgIpc) is 3.02. The fourth-order valence-corrected chi connectivity index (χ4v) is 3.26. The lowest BCUT2D eigenvalue weighted by atomic mass is 10.1. The van der Waals surface area contributed by atoms with Crippen molar-refractivity contribution in [1.82, 2.24) is 4.98 Å². The van der Waals surface area contributed by atoms with Crippen molar-refractivity contribution in [2.24, 2.45) is 0 Å². The molecule has 1 amide bonds. The van der Waals surface area contributed by atoms with Gasteiger partial charge in [0.05, 0.1) is 15.6 Å². The van der Waals surface area contributed by atoms with E-state index in [1.165, 1.54) is 18.2 Å². The van der Waals surface area contributed by atoms with Crippen molar-refractivity contribution in [3.05, 3.63) is 64.1 Å². The van der Waals surface area contributed by atoms with Crippen LogP contribution in [0.5, 0.6) is 11.5 Å². The Morgan fingerprint density at radius 3 is 2.29 bits per heavy atom. The summed E-state index contributed by atoms with van der Waals surface area (Å²) in [6, 6.07) is 12.1. The number of nitrogens with one attached hydrogen (secondary N) is 1. The number of ether oxygens (including phenoxy) is 2. The second-order valence-electron chi connectivity index (χ2n) is 6.01. The van der Waals surface area contributed by atoms with Crippen molar-refractivity contribution in [2.45, 2.75) is 20.1 Å². The van der Waals surface area contributed by atoms with E-state index in [9.17, 15) is 13.6 Å². The second-order valence-corrected chi connectivity index (χ2v) is 6.82. The Labute approximate surface area is 186 Å². The van der Waals surface area contributed by atoms with E-state index < -0.39 is 12.2 Å². The molecule has 0 radical (unpaired) electrons. The van der Waals surface area contributed by atoms with E-state index >= 15 is 0 Å². The number of nitrogens with two attached hydrogens (primary N) is 1. The summed E-state index contributed by atoms with van der Waals surface area (Å²) in [7, 11) is 0. The lowest BCUT2D eigenvalue weighted by molar-refractivity contribution is -0.286. The molecule has 4 rings (SSSR count). The summed E-state index contributed by atoms with van der Waals surface area (Å²) < 4.78 is 35.3. The van der Waals surface area contributed by atoms with Crippen LogP contribution in [0.1, 0.15) is 24.2 Å². The van der Waals surface area contributed by atoms with E-state index in [-0.39, 0.29) is 33.7 Å². The van der Waals surface area contributed by atoms with Gasteiger partial charge >= 0.3 is 6.29 Å².